The van der Waals surface area contributed by atoms with Crippen molar-refractivity contribution in [2.75, 3.05) is 18.0 Å². The third-order valence-corrected chi connectivity index (χ3v) is 4.22. The number of nitriles is 1. The van der Waals surface area contributed by atoms with Crippen LogP contribution in [0.2, 0.25) is 0 Å². The molecule has 0 bridgehead atoms. The molecule has 0 N–H and O–H groups in total. The van der Waals surface area contributed by atoms with E-state index >= 15 is 0 Å². The van der Waals surface area contributed by atoms with Gasteiger partial charge in [-0.3, -0.25) is 0 Å². The van der Waals surface area contributed by atoms with Gasteiger partial charge in [0.15, 0.2) is 5.65 Å². The molecule has 0 aliphatic carbocycles. The molecule has 0 unspecified atom stereocenters. The highest BCUT2D eigenvalue weighted by molar-refractivity contribution is 5.88. The fourth-order valence-electron chi connectivity index (χ4n) is 3.05. The predicted molar refractivity (Wildman–Crippen MR) is 87.3 cm³/mol. The van der Waals surface area contributed by atoms with Gasteiger partial charge in [0.25, 0.3) is 0 Å². The minimum absolute atomic E-state index is 0.324. The van der Waals surface area contributed by atoms with Crippen molar-refractivity contribution < 1.29 is 4.39 Å². The molecule has 1 aliphatic heterocycles. The van der Waals surface area contributed by atoms with Gasteiger partial charge in [-0.2, -0.15) is 10.4 Å². The number of rotatable bonds is 2. The second kappa shape index (κ2) is 4.99. The van der Waals surface area contributed by atoms with Crippen LogP contribution in [0.5, 0.6) is 0 Å². The lowest BCUT2D eigenvalue weighted by Gasteiger charge is -2.44. The van der Waals surface area contributed by atoms with Gasteiger partial charge >= 0.3 is 0 Å². The van der Waals surface area contributed by atoms with Crippen LogP contribution in [0.4, 0.5) is 10.2 Å². The average Bonchev–Trinajstić information content (AvgIpc) is 2.94. The highest BCUT2D eigenvalue weighted by atomic mass is 19.1. The summed E-state index contributed by atoms with van der Waals surface area (Å²) in [5.41, 5.74) is 0.900. The number of nitrogens with zero attached hydrogens (tertiary/aromatic N) is 6. The van der Waals surface area contributed by atoms with Crippen LogP contribution in [-0.4, -0.2) is 32.8 Å². The second-order valence-electron chi connectivity index (χ2n) is 6.40. The van der Waals surface area contributed by atoms with Crippen LogP contribution in [0.1, 0.15) is 12.7 Å². The summed E-state index contributed by atoms with van der Waals surface area (Å²) in [6, 6.07) is 8.56. The summed E-state index contributed by atoms with van der Waals surface area (Å²) >= 11 is 0. The minimum atomic E-state index is -0.344. The Morgan fingerprint density at radius 1 is 1.29 bits per heavy atom. The maximum Gasteiger partial charge on any atom is 0.168 e. The smallest absolute Gasteiger partial charge is 0.168 e. The van der Waals surface area contributed by atoms with E-state index in [-0.39, 0.29) is 11.2 Å². The highest BCUT2D eigenvalue weighted by Crippen LogP contribution is 2.36. The lowest BCUT2D eigenvalue weighted by atomic mass is 9.83. The van der Waals surface area contributed by atoms with Crippen LogP contribution in [0, 0.1) is 29.5 Å². The van der Waals surface area contributed by atoms with Crippen LogP contribution in [0.15, 0.2) is 30.5 Å². The number of hydrogen-bond acceptors (Lipinski definition) is 5. The molecule has 2 aromatic heterocycles. The van der Waals surface area contributed by atoms with E-state index in [9.17, 15) is 9.65 Å². The van der Waals surface area contributed by atoms with Gasteiger partial charge in [0.2, 0.25) is 0 Å². The molecule has 0 atom stereocenters. The highest BCUT2D eigenvalue weighted by Gasteiger charge is 2.40. The Kier molecular flexibility index (Phi) is 3.03. The first-order chi connectivity index (χ1) is 11.5. The van der Waals surface area contributed by atoms with Gasteiger partial charge in [-0.25, -0.2) is 19.0 Å². The Balaban J connectivity index is 1.83. The molecule has 0 spiro atoms. The van der Waals surface area contributed by atoms with Crippen LogP contribution >= 0.6 is 0 Å². The first kappa shape index (κ1) is 14.6. The molecule has 3 heterocycles. The number of fused-ring (bicyclic) bond motifs is 1. The van der Waals surface area contributed by atoms with Crippen LogP contribution < -0.4 is 4.90 Å². The first-order valence-corrected chi connectivity index (χ1v) is 7.64. The van der Waals surface area contributed by atoms with Crippen molar-refractivity contribution in [3.8, 4) is 11.8 Å². The molecule has 1 saturated heterocycles. The predicted octanol–water partition coefficient (Wildman–Crippen LogP) is 2.61. The summed E-state index contributed by atoms with van der Waals surface area (Å²) in [5, 5.41) is 14.4. The quantitative estimate of drug-likeness (QED) is 0.725. The van der Waals surface area contributed by atoms with Crippen molar-refractivity contribution in [1.29, 1.82) is 5.26 Å². The van der Waals surface area contributed by atoms with E-state index in [2.05, 4.69) is 26.0 Å². The Morgan fingerprint density at radius 3 is 2.79 bits per heavy atom. The maximum absolute atomic E-state index is 13.5. The summed E-state index contributed by atoms with van der Waals surface area (Å²) in [5.74, 6) is 1.06. The van der Waals surface area contributed by atoms with E-state index in [4.69, 9.17) is 0 Å². The molecular formula is C17H15FN6. The van der Waals surface area contributed by atoms with Crippen molar-refractivity contribution in [2.24, 2.45) is 5.41 Å². The van der Waals surface area contributed by atoms with E-state index in [0.717, 1.165) is 11.2 Å². The van der Waals surface area contributed by atoms with Crippen LogP contribution in [0.25, 0.3) is 16.7 Å². The van der Waals surface area contributed by atoms with Gasteiger partial charge in [-0.05, 0) is 32.0 Å². The molecule has 120 valence electrons. The number of anilines is 1. The Morgan fingerprint density at radius 2 is 2.08 bits per heavy atom. The third-order valence-electron chi connectivity index (χ3n) is 4.22. The van der Waals surface area contributed by atoms with E-state index in [1.807, 2.05) is 13.8 Å². The standard InChI is InChI=1S/C17H15FN6/c1-11-21-15(23-9-17(2,8-19)10-23)14-7-20-24(16(14)22-11)13-5-3-4-12(18)6-13/h3-7H,9-10H2,1-2H3. The molecule has 0 saturated carbocycles. The summed E-state index contributed by atoms with van der Waals surface area (Å²) < 4.78 is 15.1. The number of hydrogen-bond donors (Lipinski definition) is 0. The van der Waals surface area contributed by atoms with Gasteiger partial charge < -0.3 is 4.90 Å². The molecule has 1 fully saturated rings. The molecule has 4 rings (SSSR count). The van der Waals surface area contributed by atoms with E-state index < -0.39 is 0 Å². The average molecular weight is 322 g/mol. The number of halogens is 1. The van der Waals surface area contributed by atoms with Crippen molar-refractivity contribution in [1.82, 2.24) is 19.7 Å². The lowest BCUT2D eigenvalue weighted by Crippen LogP contribution is -2.54. The SMILES string of the molecule is Cc1nc(N2CC(C)(C#N)C2)c2cnn(-c3cccc(F)c3)c2n1. The molecule has 24 heavy (non-hydrogen) atoms. The van der Waals surface area contributed by atoms with E-state index in [0.29, 0.717) is 30.2 Å². The minimum Gasteiger partial charge on any atom is -0.353 e. The zero-order chi connectivity index (χ0) is 16.9. The van der Waals surface area contributed by atoms with Crippen LogP contribution in [0.3, 0.4) is 0 Å². The fraction of sp³-hybridized carbons (Fsp3) is 0.294. The number of benzene rings is 1. The Labute approximate surface area is 138 Å². The molecule has 3 aromatic rings. The van der Waals surface area contributed by atoms with E-state index in [1.54, 1.807) is 23.0 Å². The summed E-state index contributed by atoms with van der Waals surface area (Å²) in [4.78, 5) is 11.1. The van der Waals surface area contributed by atoms with E-state index in [1.165, 1.54) is 12.1 Å². The largest absolute Gasteiger partial charge is 0.353 e. The second-order valence-corrected chi connectivity index (χ2v) is 6.40. The molecule has 1 aliphatic rings. The molecule has 0 amide bonds. The molecule has 1 aromatic carbocycles. The van der Waals surface area contributed by atoms with Gasteiger partial charge in [0.1, 0.15) is 17.5 Å². The zero-order valence-corrected chi connectivity index (χ0v) is 13.4. The monoisotopic (exact) mass is 322 g/mol. The molecule has 7 heteroatoms. The van der Waals surface area contributed by atoms with Crippen LogP contribution in [-0.2, 0) is 0 Å². The first-order valence-electron chi connectivity index (χ1n) is 7.64. The Hall–Kier alpha value is -3.01. The van der Waals surface area contributed by atoms with Crippen molar-refractivity contribution >= 4 is 16.9 Å². The molecule has 0 radical (unpaired) electrons. The third kappa shape index (κ3) is 2.19. The number of aryl methyl sites for hydroxylation is 1. The molecule has 6 nitrogen and oxygen atoms in total. The van der Waals surface area contributed by atoms with Crippen molar-refractivity contribution in [2.45, 2.75) is 13.8 Å². The fourth-order valence-corrected chi connectivity index (χ4v) is 3.05. The van der Waals surface area contributed by atoms with Crippen molar-refractivity contribution in [3.63, 3.8) is 0 Å². The number of aromatic nitrogens is 4. The van der Waals surface area contributed by atoms with Crippen molar-refractivity contribution in [3.05, 3.63) is 42.1 Å². The lowest BCUT2D eigenvalue weighted by molar-refractivity contribution is 0.335. The van der Waals surface area contributed by atoms with Gasteiger partial charge in [0, 0.05) is 13.1 Å². The normalized spacial score (nSPS) is 16.0. The Bertz CT molecular complexity index is 980. The maximum atomic E-state index is 13.5. The van der Waals surface area contributed by atoms with Gasteiger partial charge in [0.05, 0.1) is 28.8 Å². The summed E-state index contributed by atoms with van der Waals surface area (Å²) in [7, 11) is 0. The summed E-state index contributed by atoms with van der Waals surface area (Å²) in [6.07, 6.45) is 1.69. The van der Waals surface area contributed by atoms with Gasteiger partial charge in [-0.15, -0.1) is 0 Å². The summed E-state index contributed by atoms with van der Waals surface area (Å²) in [6.45, 7) is 5.00. The zero-order valence-electron chi connectivity index (χ0n) is 13.4. The molecular weight excluding hydrogens is 307 g/mol. The van der Waals surface area contributed by atoms with Gasteiger partial charge in [-0.1, -0.05) is 6.07 Å². The topological polar surface area (TPSA) is 70.6 Å².